The first-order chi connectivity index (χ1) is 18.2. The quantitative estimate of drug-likeness (QED) is 0.282. The van der Waals surface area contributed by atoms with Crippen LogP contribution in [0, 0.1) is 5.92 Å². The molecule has 1 aromatic carbocycles. The molecular weight excluding hydrogens is 570 g/mol. The number of rotatable bonds is 8. The van der Waals surface area contributed by atoms with E-state index < -0.39 is 0 Å². The molecule has 202 valence electrons. The first-order valence-corrected chi connectivity index (χ1v) is 14.2. The molecular formula is C27H28Cl4N4O3. The molecule has 1 unspecified atom stereocenters. The molecule has 3 aromatic rings. The first kappa shape index (κ1) is 27.5. The number of carbonyl (C=O) groups is 2. The fourth-order valence-electron chi connectivity index (χ4n) is 5.35. The molecule has 3 heterocycles. The summed E-state index contributed by atoms with van der Waals surface area (Å²) in [6.07, 6.45) is 6.07. The number of hydrogen-bond acceptors (Lipinski definition) is 5. The van der Waals surface area contributed by atoms with E-state index in [0.29, 0.717) is 51.8 Å². The number of furan rings is 1. The molecule has 1 saturated carbocycles. The van der Waals surface area contributed by atoms with E-state index in [9.17, 15) is 9.59 Å². The minimum atomic E-state index is -0.172. The zero-order chi connectivity index (χ0) is 27.0. The average molecular weight is 598 g/mol. The summed E-state index contributed by atoms with van der Waals surface area (Å²) in [5.74, 6) is -0.0148. The van der Waals surface area contributed by atoms with E-state index in [4.69, 9.17) is 50.8 Å². The summed E-state index contributed by atoms with van der Waals surface area (Å²) in [4.78, 5) is 26.0. The summed E-state index contributed by atoms with van der Waals surface area (Å²) in [5.41, 5.74) is 2.08. The highest BCUT2D eigenvalue weighted by atomic mass is 35.5. The van der Waals surface area contributed by atoms with E-state index >= 15 is 0 Å². The monoisotopic (exact) mass is 596 g/mol. The lowest BCUT2D eigenvalue weighted by Gasteiger charge is -2.37. The van der Waals surface area contributed by atoms with Crippen molar-refractivity contribution in [2.24, 2.45) is 13.0 Å². The Bertz CT molecular complexity index is 1330. The Morgan fingerprint density at radius 3 is 2.55 bits per heavy atom. The van der Waals surface area contributed by atoms with Crippen LogP contribution in [0.5, 0.6) is 0 Å². The molecule has 1 aliphatic carbocycles. The van der Waals surface area contributed by atoms with Gasteiger partial charge in [-0.1, -0.05) is 40.9 Å². The summed E-state index contributed by atoms with van der Waals surface area (Å²) >= 11 is 25.1. The summed E-state index contributed by atoms with van der Waals surface area (Å²) < 4.78 is 7.24. The van der Waals surface area contributed by atoms with E-state index in [2.05, 4.69) is 15.7 Å². The van der Waals surface area contributed by atoms with Crippen molar-refractivity contribution in [2.45, 2.75) is 56.5 Å². The Morgan fingerprint density at radius 1 is 1.11 bits per heavy atom. The number of aromatic nitrogens is 2. The molecule has 0 bridgehead atoms. The van der Waals surface area contributed by atoms with Crippen molar-refractivity contribution in [2.75, 3.05) is 6.54 Å². The van der Waals surface area contributed by atoms with Gasteiger partial charge in [-0.15, -0.1) is 0 Å². The molecule has 1 aliphatic heterocycles. The van der Waals surface area contributed by atoms with Crippen molar-refractivity contribution >= 4 is 58.1 Å². The summed E-state index contributed by atoms with van der Waals surface area (Å²) in [7, 11) is 1.74. The minimum absolute atomic E-state index is 0.00658. The summed E-state index contributed by atoms with van der Waals surface area (Å²) in [6.45, 7) is 0.562. The lowest BCUT2D eigenvalue weighted by Crippen LogP contribution is -2.47. The van der Waals surface area contributed by atoms with Gasteiger partial charge in [-0.25, -0.2) is 0 Å². The second-order valence-corrected chi connectivity index (χ2v) is 11.7. The van der Waals surface area contributed by atoms with Crippen LogP contribution in [0.1, 0.15) is 60.6 Å². The van der Waals surface area contributed by atoms with Crippen LogP contribution in [-0.4, -0.2) is 40.1 Å². The molecule has 7 nitrogen and oxygen atoms in total. The third kappa shape index (κ3) is 5.92. The Balaban J connectivity index is 1.33. The second kappa shape index (κ2) is 11.6. The number of halogens is 4. The van der Waals surface area contributed by atoms with E-state index in [0.717, 1.165) is 18.4 Å². The Labute approximate surface area is 241 Å². The molecule has 0 radical (unpaired) electrons. The predicted molar refractivity (Wildman–Crippen MR) is 149 cm³/mol. The normalized spacial score (nSPS) is 21.8. The Kier molecular flexibility index (Phi) is 8.41. The lowest BCUT2D eigenvalue weighted by atomic mass is 9.75. The van der Waals surface area contributed by atoms with Crippen LogP contribution in [0.2, 0.25) is 20.3 Å². The van der Waals surface area contributed by atoms with Crippen LogP contribution in [0.25, 0.3) is 11.3 Å². The van der Waals surface area contributed by atoms with Crippen molar-refractivity contribution in [3.05, 3.63) is 62.1 Å². The smallest absolute Gasteiger partial charge is 0.221 e. The van der Waals surface area contributed by atoms with E-state index in [1.54, 1.807) is 23.9 Å². The topological polar surface area (TPSA) is 89.2 Å². The Hall–Kier alpha value is -2.03. The highest BCUT2D eigenvalue weighted by Crippen LogP contribution is 2.40. The lowest BCUT2D eigenvalue weighted by molar-refractivity contribution is -0.123. The fourth-order valence-corrected chi connectivity index (χ4v) is 6.15. The minimum Gasteiger partial charge on any atom is -0.441 e. The number of carbonyl (C=O) groups excluding carboxylic acids is 2. The van der Waals surface area contributed by atoms with Gasteiger partial charge in [0.1, 0.15) is 0 Å². The van der Waals surface area contributed by atoms with Gasteiger partial charge in [-0.3, -0.25) is 14.3 Å². The SMILES string of the molecule is Cn1ncc(Cl)c1-c1cc(C(=O)C[C@@H]2CNC(CC(=O)NC3CCC3)C[C@H]2c2ccc(Cl)c(Cl)c2)oc1Cl. The van der Waals surface area contributed by atoms with Crippen molar-refractivity contribution in [1.29, 1.82) is 0 Å². The van der Waals surface area contributed by atoms with E-state index in [-0.39, 0.29) is 47.0 Å². The van der Waals surface area contributed by atoms with Crippen molar-refractivity contribution < 1.29 is 14.0 Å². The van der Waals surface area contributed by atoms with Crippen molar-refractivity contribution in [3.8, 4) is 11.3 Å². The standard InChI is InChI=1S/C27H28Cl4N4O3/c1-35-26(22(30)13-33-35)19-11-24(38-27(19)31)23(36)8-15-12-32-17(10-25(37)34-16-3-2-4-16)9-18(15)14-5-6-20(28)21(29)7-14/h5-7,11,13,15-18,32H,2-4,8-10,12H2,1H3,(H,34,37)/t15-,17?,18+/m1/s1. The molecule has 5 rings (SSSR count). The van der Waals surface area contributed by atoms with E-state index in [1.165, 1.54) is 12.6 Å². The van der Waals surface area contributed by atoms with Crippen LogP contribution in [-0.2, 0) is 11.8 Å². The highest BCUT2D eigenvalue weighted by Gasteiger charge is 2.35. The first-order valence-electron chi connectivity index (χ1n) is 12.7. The van der Waals surface area contributed by atoms with Crippen LogP contribution in [0.3, 0.4) is 0 Å². The molecule has 2 N–H and O–H groups in total. The van der Waals surface area contributed by atoms with Gasteiger partial charge in [0, 0.05) is 32.0 Å². The molecule has 2 aromatic heterocycles. The maximum atomic E-state index is 13.4. The number of nitrogens with zero attached hydrogens (tertiary/aromatic N) is 2. The van der Waals surface area contributed by atoms with Gasteiger partial charge in [0.2, 0.25) is 11.1 Å². The van der Waals surface area contributed by atoms with Gasteiger partial charge in [-0.05, 0) is 79.4 Å². The largest absolute Gasteiger partial charge is 0.441 e. The number of Topliss-reactive ketones (excluding diaryl/α,β-unsaturated/α-hetero) is 1. The Morgan fingerprint density at radius 2 is 1.89 bits per heavy atom. The molecule has 1 saturated heterocycles. The molecule has 2 aliphatic rings. The third-order valence-electron chi connectivity index (χ3n) is 7.61. The second-order valence-electron chi connectivity index (χ2n) is 10.2. The van der Waals surface area contributed by atoms with Gasteiger partial charge in [-0.2, -0.15) is 5.10 Å². The molecule has 11 heteroatoms. The third-order valence-corrected chi connectivity index (χ3v) is 8.90. The molecule has 2 fully saturated rings. The van der Waals surface area contributed by atoms with Crippen LogP contribution in [0.15, 0.2) is 34.9 Å². The fraction of sp³-hybridized carbons (Fsp3) is 0.444. The summed E-state index contributed by atoms with van der Waals surface area (Å²) in [6, 6.07) is 7.47. The van der Waals surface area contributed by atoms with Crippen LogP contribution < -0.4 is 10.6 Å². The van der Waals surface area contributed by atoms with Crippen LogP contribution >= 0.6 is 46.4 Å². The number of nitrogens with one attached hydrogen (secondary N) is 2. The molecule has 1 amide bonds. The number of benzene rings is 1. The van der Waals surface area contributed by atoms with Gasteiger partial charge in [0.15, 0.2) is 11.5 Å². The zero-order valence-electron chi connectivity index (χ0n) is 20.8. The highest BCUT2D eigenvalue weighted by molar-refractivity contribution is 6.42. The van der Waals surface area contributed by atoms with Gasteiger partial charge in [0.25, 0.3) is 0 Å². The zero-order valence-corrected chi connectivity index (χ0v) is 23.8. The van der Waals surface area contributed by atoms with Crippen LogP contribution in [0.4, 0.5) is 0 Å². The van der Waals surface area contributed by atoms with Gasteiger partial charge in [0.05, 0.1) is 32.5 Å². The number of ketones is 1. The van der Waals surface area contributed by atoms with E-state index in [1.807, 2.05) is 12.1 Å². The van der Waals surface area contributed by atoms with Gasteiger partial charge >= 0.3 is 0 Å². The van der Waals surface area contributed by atoms with Gasteiger partial charge < -0.3 is 15.1 Å². The number of amides is 1. The number of hydrogen-bond donors (Lipinski definition) is 2. The number of piperidine rings is 1. The number of aryl methyl sites for hydroxylation is 1. The van der Waals surface area contributed by atoms with Crippen molar-refractivity contribution in [3.63, 3.8) is 0 Å². The summed E-state index contributed by atoms with van der Waals surface area (Å²) in [5, 5.41) is 12.2. The molecule has 0 spiro atoms. The maximum Gasteiger partial charge on any atom is 0.221 e. The van der Waals surface area contributed by atoms with Crippen molar-refractivity contribution in [1.82, 2.24) is 20.4 Å². The molecule has 3 atom stereocenters. The maximum absolute atomic E-state index is 13.4. The molecule has 38 heavy (non-hydrogen) atoms. The average Bonchev–Trinajstić information content (AvgIpc) is 3.39. The predicted octanol–water partition coefficient (Wildman–Crippen LogP) is 6.69.